The van der Waals surface area contributed by atoms with Crippen molar-refractivity contribution < 1.29 is 23.6 Å². The number of benzene rings is 3. The SMILES string of the molecule is Cc1ccc(C(NC(=O)C(NC(=O)OC(C)(C)C)c2ccc(OCc3c(C)noc3C)cc2)c2ccccc2)c(C)c1. The lowest BCUT2D eigenvalue weighted by Crippen LogP contribution is -2.43. The van der Waals surface area contributed by atoms with Crippen LogP contribution in [0.3, 0.4) is 0 Å². The van der Waals surface area contributed by atoms with Gasteiger partial charge in [0, 0.05) is 0 Å². The zero-order valence-corrected chi connectivity index (χ0v) is 25.3. The Hall–Kier alpha value is -4.59. The average molecular weight is 570 g/mol. The predicted octanol–water partition coefficient (Wildman–Crippen LogP) is 6.96. The third-order valence-corrected chi connectivity index (χ3v) is 6.86. The van der Waals surface area contributed by atoms with E-state index in [1.807, 2.05) is 70.2 Å². The van der Waals surface area contributed by atoms with Gasteiger partial charge in [-0.3, -0.25) is 4.79 Å². The summed E-state index contributed by atoms with van der Waals surface area (Å²) in [6.45, 7) is 13.4. The number of aromatic nitrogens is 1. The molecule has 1 heterocycles. The van der Waals surface area contributed by atoms with E-state index in [0.717, 1.165) is 33.5 Å². The molecule has 4 aromatic rings. The number of hydrogen-bond donors (Lipinski definition) is 2. The van der Waals surface area contributed by atoms with Crippen LogP contribution < -0.4 is 15.4 Å². The van der Waals surface area contributed by atoms with Crippen molar-refractivity contribution in [2.24, 2.45) is 0 Å². The molecule has 2 N–H and O–H groups in total. The largest absolute Gasteiger partial charge is 0.489 e. The van der Waals surface area contributed by atoms with Crippen LogP contribution in [0, 0.1) is 27.7 Å². The van der Waals surface area contributed by atoms with Crippen molar-refractivity contribution in [3.8, 4) is 5.75 Å². The summed E-state index contributed by atoms with van der Waals surface area (Å²) in [5.74, 6) is 0.936. The number of amides is 2. The molecule has 42 heavy (non-hydrogen) atoms. The van der Waals surface area contributed by atoms with E-state index in [2.05, 4.69) is 21.9 Å². The van der Waals surface area contributed by atoms with Gasteiger partial charge in [0.25, 0.3) is 0 Å². The smallest absolute Gasteiger partial charge is 0.408 e. The van der Waals surface area contributed by atoms with Crippen LogP contribution in [0.1, 0.15) is 77.7 Å². The molecule has 2 unspecified atom stereocenters. The van der Waals surface area contributed by atoms with E-state index in [9.17, 15) is 9.59 Å². The molecule has 0 aliphatic rings. The minimum absolute atomic E-state index is 0.301. The number of aryl methyl sites for hydroxylation is 4. The quantitative estimate of drug-likeness (QED) is 0.226. The van der Waals surface area contributed by atoms with Crippen molar-refractivity contribution >= 4 is 12.0 Å². The second-order valence-electron chi connectivity index (χ2n) is 11.5. The number of rotatable bonds is 9. The van der Waals surface area contributed by atoms with Crippen LogP contribution in [-0.4, -0.2) is 22.8 Å². The normalized spacial score (nSPS) is 12.7. The number of hydrogen-bond acceptors (Lipinski definition) is 6. The Kier molecular flexibility index (Phi) is 9.35. The lowest BCUT2D eigenvalue weighted by molar-refractivity contribution is -0.123. The highest BCUT2D eigenvalue weighted by atomic mass is 16.6. The van der Waals surface area contributed by atoms with Crippen molar-refractivity contribution in [2.45, 2.75) is 72.8 Å². The Balaban J connectivity index is 1.62. The summed E-state index contributed by atoms with van der Waals surface area (Å²) in [7, 11) is 0. The minimum Gasteiger partial charge on any atom is -0.489 e. The van der Waals surface area contributed by atoms with Crippen LogP contribution in [-0.2, 0) is 16.1 Å². The van der Waals surface area contributed by atoms with Crippen molar-refractivity contribution in [3.63, 3.8) is 0 Å². The summed E-state index contributed by atoms with van der Waals surface area (Å²) in [6.07, 6.45) is -0.691. The molecule has 0 fully saturated rings. The lowest BCUT2D eigenvalue weighted by atomic mass is 9.93. The van der Waals surface area contributed by atoms with E-state index >= 15 is 0 Å². The van der Waals surface area contributed by atoms with E-state index in [-0.39, 0.29) is 5.91 Å². The summed E-state index contributed by atoms with van der Waals surface area (Å²) in [4.78, 5) is 26.9. The molecule has 0 saturated carbocycles. The van der Waals surface area contributed by atoms with E-state index in [1.54, 1.807) is 45.0 Å². The van der Waals surface area contributed by atoms with Gasteiger partial charge in [0.15, 0.2) is 0 Å². The fourth-order valence-corrected chi connectivity index (χ4v) is 4.71. The Morgan fingerprint density at radius 1 is 0.881 bits per heavy atom. The van der Waals surface area contributed by atoms with E-state index < -0.39 is 23.8 Å². The Bertz CT molecular complexity index is 1500. The minimum atomic E-state index is -1.02. The number of carbonyl (C=O) groups is 2. The van der Waals surface area contributed by atoms with Gasteiger partial charge in [-0.25, -0.2) is 4.79 Å². The van der Waals surface area contributed by atoms with E-state index in [4.69, 9.17) is 14.0 Å². The molecule has 3 aromatic carbocycles. The van der Waals surface area contributed by atoms with Gasteiger partial charge in [-0.15, -0.1) is 0 Å². The van der Waals surface area contributed by atoms with Crippen molar-refractivity contribution in [1.82, 2.24) is 15.8 Å². The first-order valence-electron chi connectivity index (χ1n) is 14.0. The summed E-state index contributed by atoms with van der Waals surface area (Å²) in [5, 5.41) is 9.93. The zero-order valence-electron chi connectivity index (χ0n) is 25.3. The molecule has 8 heteroatoms. The second kappa shape index (κ2) is 12.9. The first kappa shape index (κ1) is 30.4. The van der Waals surface area contributed by atoms with Crippen molar-refractivity contribution in [3.05, 3.63) is 118 Å². The van der Waals surface area contributed by atoms with Gasteiger partial charge in [-0.2, -0.15) is 0 Å². The third-order valence-electron chi connectivity index (χ3n) is 6.86. The Morgan fingerprint density at radius 3 is 2.17 bits per heavy atom. The molecule has 0 radical (unpaired) electrons. The van der Waals surface area contributed by atoms with Crippen LogP contribution >= 0.6 is 0 Å². The molecular weight excluding hydrogens is 530 g/mol. The van der Waals surface area contributed by atoms with Crippen LogP contribution in [0.15, 0.2) is 77.3 Å². The number of carbonyl (C=O) groups excluding carboxylic acids is 2. The molecule has 0 saturated heterocycles. The molecule has 2 amide bonds. The third kappa shape index (κ3) is 7.78. The topological polar surface area (TPSA) is 103 Å². The Labute approximate surface area is 247 Å². The van der Waals surface area contributed by atoms with Crippen LogP contribution in [0.5, 0.6) is 5.75 Å². The fourth-order valence-electron chi connectivity index (χ4n) is 4.71. The molecule has 4 rings (SSSR count). The maximum Gasteiger partial charge on any atom is 0.408 e. The Morgan fingerprint density at radius 2 is 1.57 bits per heavy atom. The maximum atomic E-state index is 14.0. The number of nitrogens with zero attached hydrogens (tertiary/aromatic N) is 1. The zero-order chi connectivity index (χ0) is 30.4. The molecule has 0 spiro atoms. The molecule has 0 aliphatic heterocycles. The van der Waals surface area contributed by atoms with Gasteiger partial charge in [-0.05, 0) is 82.9 Å². The molecule has 0 aliphatic carbocycles. The fraction of sp³-hybridized carbons (Fsp3) is 0.324. The van der Waals surface area contributed by atoms with Gasteiger partial charge in [0.2, 0.25) is 5.91 Å². The molecule has 2 atom stereocenters. The van der Waals surface area contributed by atoms with Crippen molar-refractivity contribution in [1.29, 1.82) is 0 Å². The monoisotopic (exact) mass is 569 g/mol. The van der Waals surface area contributed by atoms with Crippen LogP contribution in [0.4, 0.5) is 4.79 Å². The van der Waals surface area contributed by atoms with Crippen LogP contribution in [0.25, 0.3) is 0 Å². The molecule has 220 valence electrons. The summed E-state index contributed by atoms with van der Waals surface area (Å²) in [5.41, 5.74) is 5.61. The van der Waals surface area contributed by atoms with Crippen molar-refractivity contribution in [2.75, 3.05) is 0 Å². The summed E-state index contributed by atoms with van der Waals surface area (Å²) in [6, 6.07) is 21.5. The molecule has 1 aromatic heterocycles. The molecule has 0 bridgehead atoms. The van der Waals surface area contributed by atoms with Gasteiger partial charge >= 0.3 is 6.09 Å². The summed E-state index contributed by atoms with van der Waals surface area (Å²) < 4.78 is 16.7. The number of nitrogens with one attached hydrogen (secondary N) is 2. The molecular formula is C34H39N3O5. The number of alkyl carbamates (subject to hydrolysis) is 1. The lowest BCUT2D eigenvalue weighted by Gasteiger charge is -2.27. The highest BCUT2D eigenvalue weighted by Crippen LogP contribution is 2.28. The predicted molar refractivity (Wildman–Crippen MR) is 161 cm³/mol. The van der Waals surface area contributed by atoms with Gasteiger partial charge in [-0.1, -0.05) is 71.4 Å². The highest BCUT2D eigenvalue weighted by Gasteiger charge is 2.29. The van der Waals surface area contributed by atoms with Gasteiger partial charge in [0.05, 0.1) is 17.3 Å². The van der Waals surface area contributed by atoms with Gasteiger partial charge in [0.1, 0.15) is 29.8 Å². The van der Waals surface area contributed by atoms with Crippen LogP contribution in [0.2, 0.25) is 0 Å². The van der Waals surface area contributed by atoms with E-state index in [1.165, 1.54) is 0 Å². The van der Waals surface area contributed by atoms with E-state index in [0.29, 0.717) is 23.7 Å². The van der Waals surface area contributed by atoms with Gasteiger partial charge < -0.3 is 24.6 Å². The maximum absolute atomic E-state index is 14.0. The highest BCUT2D eigenvalue weighted by molar-refractivity contribution is 5.87. The second-order valence-corrected chi connectivity index (χ2v) is 11.5. The summed E-state index contributed by atoms with van der Waals surface area (Å²) >= 11 is 0. The number of ether oxygens (including phenoxy) is 2. The molecule has 8 nitrogen and oxygen atoms in total. The first-order valence-corrected chi connectivity index (χ1v) is 14.0. The first-order chi connectivity index (χ1) is 19.9. The standard InChI is InChI=1S/C34H39N3O5/c1-21-13-18-28(22(2)19-21)30(25-11-9-8-10-12-25)35-32(38)31(36-33(39)41-34(5,6)7)26-14-16-27(17-15-26)40-20-29-23(3)37-42-24(29)4/h8-19,30-31H,20H2,1-7H3,(H,35,38)(H,36,39). The average Bonchev–Trinajstić information content (AvgIpc) is 3.26.